The first-order valence-corrected chi connectivity index (χ1v) is 8.98. The standard InChI is InChI=1S/C18H21BrN6/c1-11(2)16(20)25-10-15(19)24-18(17(25)21)22-8-7-12-9-23-14-6-4-3-5-13(12)14/h3-6,9-11,20-21,23H,7-8H2,1-2H3,(H,22,24). The second-order valence-corrected chi connectivity index (χ2v) is 7.02. The van der Waals surface area contributed by atoms with Gasteiger partial charge in [0.25, 0.3) is 0 Å². The third-order valence-corrected chi connectivity index (χ3v) is 4.47. The zero-order chi connectivity index (χ0) is 18.0. The highest BCUT2D eigenvalue weighted by molar-refractivity contribution is 9.10. The van der Waals surface area contributed by atoms with Crippen LogP contribution >= 0.6 is 15.9 Å². The SMILES string of the molecule is CC(C)C(=N)n1cc(Br)nc(NCCc2c[nH]c3ccccc23)c1=N. The number of nitrogens with one attached hydrogen (secondary N) is 4. The Morgan fingerprint density at radius 3 is 2.88 bits per heavy atom. The minimum absolute atomic E-state index is 0.0301. The number of hydrogen-bond acceptors (Lipinski definition) is 4. The van der Waals surface area contributed by atoms with Gasteiger partial charge in [-0.05, 0) is 34.0 Å². The quantitative estimate of drug-likeness (QED) is 0.387. The first-order chi connectivity index (χ1) is 12.0. The summed E-state index contributed by atoms with van der Waals surface area (Å²) in [4.78, 5) is 7.62. The first kappa shape index (κ1) is 17.4. The number of anilines is 1. The predicted octanol–water partition coefficient (Wildman–Crippen LogP) is 3.74. The Balaban J connectivity index is 1.77. The van der Waals surface area contributed by atoms with Crippen LogP contribution in [0.1, 0.15) is 19.4 Å². The van der Waals surface area contributed by atoms with Crippen LogP contribution in [0.3, 0.4) is 0 Å². The summed E-state index contributed by atoms with van der Waals surface area (Å²) in [6.45, 7) is 4.53. The van der Waals surface area contributed by atoms with E-state index in [0.717, 1.165) is 11.9 Å². The van der Waals surface area contributed by atoms with Crippen molar-refractivity contribution in [2.75, 3.05) is 11.9 Å². The summed E-state index contributed by atoms with van der Waals surface area (Å²) in [6, 6.07) is 8.21. The van der Waals surface area contributed by atoms with Crippen molar-refractivity contribution in [2.24, 2.45) is 5.92 Å². The normalized spacial score (nSPS) is 11.2. The number of para-hydroxylation sites is 1. The summed E-state index contributed by atoms with van der Waals surface area (Å²) in [6.07, 6.45) is 4.51. The fourth-order valence-electron chi connectivity index (χ4n) is 2.72. The number of benzene rings is 1. The van der Waals surface area contributed by atoms with Crippen LogP contribution in [-0.4, -0.2) is 26.9 Å². The van der Waals surface area contributed by atoms with Gasteiger partial charge in [0, 0.05) is 35.8 Å². The summed E-state index contributed by atoms with van der Waals surface area (Å²) >= 11 is 3.37. The lowest BCUT2D eigenvalue weighted by molar-refractivity contribution is 0.789. The van der Waals surface area contributed by atoms with Crippen molar-refractivity contribution in [3.63, 3.8) is 0 Å². The van der Waals surface area contributed by atoms with Crippen LogP contribution in [0.4, 0.5) is 5.82 Å². The van der Waals surface area contributed by atoms with Gasteiger partial charge >= 0.3 is 0 Å². The number of H-pyrrole nitrogens is 1. The number of halogens is 1. The average Bonchev–Trinajstić information content (AvgIpc) is 3.00. The monoisotopic (exact) mass is 400 g/mol. The molecule has 0 aliphatic heterocycles. The van der Waals surface area contributed by atoms with Crippen LogP contribution in [0.2, 0.25) is 0 Å². The van der Waals surface area contributed by atoms with E-state index in [1.807, 2.05) is 32.2 Å². The molecule has 0 fully saturated rings. The van der Waals surface area contributed by atoms with Gasteiger partial charge in [0.1, 0.15) is 10.4 Å². The van der Waals surface area contributed by atoms with Crippen molar-refractivity contribution in [1.29, 1.82) is 10.8 Å². The number of fused-ring (bicyclic) bond motifs is 1. The Kier molecular flexibility index (Phi) is 5.03. The van der Waals surface area contributed by atoms with E-state index in [1.165, 1.54) is 10.9 Å². The molecule has 0 atom stereocenters. The van der Waals surface area contributed by atoms with Crippen molar-refractivity contribution in [1.82, 2.24) is 14.5 Å². The van der Waals surface area contributed by atoms with Gasteiger partial charge < -0.3 is 10.3 Å². The van der Waals surface area contributed by atoms with Crippen molar-refractivity contribution >= 4 is 38.5 Å². The van der Waals surface area contributed by atoms with E-state index in [9.17, 15) is 0 Å². The van der Waals surface area contributed by atoms with Crippen LogP contribution < -0.4 is 10.8 Å². The average molecular weight is 401 g/mol. The van der Waals surface area contributed by atoms with Crippen LogP contribution in [0.25, 0.3) is 10.9 Å². The molecule has 0 spiro atoms. The van der Waals surface area contributed by atoms with E-state index in [-0.39, 0.29) is 11.4 Å². The Morgan fingerprint density at radius 1 is 1.36 bits per heavy atom. The van der Waals surface area contributed by atoms with Crippen molar-refractivity contribution in [3.8, 4) is 0 Å². The zero-order valence-electron chi connectivity index (χ0n) is 14.2. The molecular formula is C18H21BrN6. The number of aromatic nitrogens is 3. The molecular weight excluding hydrogens is 380 g/mol. The van der Waals surface area contributed by atoms with Crippen LogP contribution in [0.5, 0.6) is 0 Å². The molecule has 2 aromatic heterocycles. The lowest BCUT2D eigenvalue weighted by Crippen LogP contribution is -2.32. The van der Waals surface area contributed by atoms with Crippen LogP contribution in [-0.2, 0) is 6.42 Å². The summed E-state index contributed by atoms with van der Waals surface area (Å²) < 4.78 is 2.15. The van der Waals surface area contributed by atoms with Gasteiger partial charge in [-0.3, -0.25) is 15.4 Å². The molecule has 3 rings (SSSR count). The van der Waals surface area contributed by atoms with Gasteiger partial charge in [-0.15, -0.1) is 0 Å². The fourth-order valence-corrected chi connectivity index (χ4v) is 3.10. The fraction of sp³-hybridized carbons (Fsp3) is 0.278. The number of hydrogen-bond donors (Lipinski definition) is 4. The second kappa shape index (κ2) is 7.23. The number of rotatable bonds is 5. The summed E-state index contributed by atoms with van der Waals surface area (Å²) in [5.74, 6) is 0.870. The molecule has 130 valence electrons. The molecule has 0 saturated carbocycles. The van der Waals surface area contributed by atoms with E-state index < -0.39 is 0 Å². The maximum Gasteiger partial charge on any atom is 0.174 e. The van der Waals surface area contributed by atoms with E-state index in [0.29, 0.717) is 22.8 Å². The van der Waals surface area contributed by atoms with Crippen molar-refractivity contribution in [2.45, 2.75) is 20.3 Å². The first-order valence-electron chi connectivity index (χ1n) is 8.19. The smallest absolute Gasteiger partial charge is 0.174 e. The van der Waals surface area contributed by atoms with Crippen LogP contribution in [0.15, 0.2) is 41.3 Å². The van der Waals surface area contributed by atoms with Gasteiger partial charge in [0.15, 0.2) is 11.3 Å². The Hall–Kier alpha value is -2.41. The minimum atomic E-state index is 0.0301. The molecule has 0 aliphatic rings. The molecule has 4 N–H and O–H groups in total. The predicted molar refractivity (Wildman–Crippen MR) is 104 cm³/mol. The molecule has 0 unspecified atom stereocenters. The lowest BCUT2D eigenvalue weighted by Gasteiger charge is -2.14. The third kappa shape index (κ3) is 3.66. The third-order valence-electron chi connectivity index (χ3n) is 4.09. The number of nitrogens with zero attached hydrogens (tertiary/aromatic N) is 2. The number of aromatic amines is 1. The second-order valence-electron chi connectivity index (χ2n) is 6.21. The van der Waals surface area contributed by atoms with Gasteiger partial charge in [-0.25, -0.2) is 4.98 Å². The molecule has 0 radical (unpaired) electrons. The molecule has 1 aromatic carbocycles. The topological polar surface area (TPSA) is 93.3 Å². The molecule has 0 saturated heterocycles. The molecule has 7 heteroatoms. The summed E-state index contributed by atoms with van der Waals surface area (Å²) in [5, 5.41) is 20.9. The maximum atomic E-state index is 8.32. The highest BCUT2D eigenvalue weighted by Crippen LogP contribution is 2.18. The van der Waals surface area contributed by atoms with E-state index in [1.54, 1.807) is 10.8 Å². The van der Waals surface area contributed by atoms with Crippen molar-refractivity contribution < 1.29 is 0 Å². The van der Waals surface area contributed by atoms with E-state index >= 15 is 0 Å². The molecule has 3 aromatic rings. The van der Waals surface area contributed by atoms with Gasteiger partial charge in [-0.2, -0.15) is 0 Å². The van der Waals surface area contributed by atoms with Crippen LogP contribution in [0, 0.1) is 16.7 Å². The molecule has 25 heavy (non-hydrogen) atoms. The van der Waals surface area contributed by atoms with E-state index in [2.05, 4.69) is 43.3 Å². The minimum Gasteiger partial charge on any atom is -0.367 e. The van der Waals surface area contributed by atoms with Gasteiger partial charge in [0.2, 0.25) is 0 Å². The van der Waals surface area contributed by atoms with Crippen molar-refractivity contribution in [3.05, 3.63) is 52.3 Å². The highest BCUT2D eigenvalue weighted by atomic mass is 79.9. The molecule has 2 heterocycles. The maximum absolute atomic E-state index is 8.32. The molecule has 0 bridgehead atoms. The molecule has 0 amide bonds. The largest absolute Gasteiger partial charge is 0.367 e. The molecule has 0 aliphatic carbocycles. The Labute approximate surface area is 154 Å². The lowest BCUT2D eigenvalue weighted by atomic mass is 10.1. The highest BCUT2D eigenvalue weighted by Gasteiger charge is 2.11. The van der Waals surface area contributed by atoms with E-state index in [4.69, 9.17) is 10.8 Å². The zero-order valence-corrected chi connectivity index (χ0v) is 15.8. The van der Waals surface area contributed by atoms with Gasteiger partial charge in [-0.1, -0.05) is 32.0 Å². The van der Waals surface area contributed by atoms with Gasteiger partial charge in [0.05, 0.1) is 0 Å². The summed E-state index contributed by atoms with van der Waals surface area (Å²) in [7, 11) is 0. The summed E-state index contributed by atoms with van der Waals surface area (Å²) in [5.41, 5.74) is 2.55. The Morgan fingerprint density at radius 2 is 2.12 bits per heavy atom. The molecule has 6 nitrogen and oxygen atoms in total. The Bertz CT molecular complexity index is 969.